The quantitative estimate of drug-likeness (QED) is 0.578. The maximum Gasteiger partial charge on any atom is 0.302 e. The van der Waals surface area contributed by atoms with Gasteiger partial charge in [0.05, 0.1) is 6.61 Å². The van der Waals surface area contributed by atoms with Crippen molar-refractivity contribution in [3.63, 3.8) is 0 Å². The summed E-state index contributed by atoms with van der Waals surface area (Å²) < 4.78 is 4.40. The van der Waals surface area contributed by atoms with E-state index in [1.54, 1.807) is 33.4 Å². The smallest absolute Gasteiger partial charge is 0.302 e. The van der Waals surface area contributed by atoms with Crippen LogP contribution in [0.25, 0.3) is 0 Å². The Balaban J connectivity index is 0. The van der Waals surface area contributed by atoms with Crippen molar-refractivity contribution in [2.24, 2.45) is 0 Å². The van der Waals surface area contributed by atoms with Gasteiger partial charge < -0.3 is 9.64 Å². The van der Waals surface area contributed by atoms with E-state index in [1.165, 1.54) is 11.8 Å². The van der Waals surface area contributed by atoms with E-state index < -0.39 is 0 Å². The molecule has 0 bridgehead atoms. The lowest BCUT2D eigenvalue weighted by Gasteiger charge is -1.93. The molecule has 0 saturated heterocycles. The highest BCUT2D eigenvalue weighted by Crippen LogP contribution is 1.73. The largest absolute Gasteiger partial charge is 0.466 e. The molecular formula is C12H20N2O3. The van der Waals surface area contributed by atoms with Crippen LogP contribution in [0.2, 0.25) is 0 Å². The van der Waals surface area contributed by atoms with Gasteiger partial charge in [0.15, 0.2) is 0 Å². The van der Waals surface area contributed by atoms with Crippen LogP contribution in [0.15, 0.2) is 30.6 Å². The predicted octanol–water partition coefficient (Wildman–Crippen LogP) is 1.36. The lowest BCUT2D eigenvalue weighted by atomic mass is 10.5. The maximum absolute atomic E-state index is 9.82. The maximum atomic E-state index is 9.82. The third-order valence-electron chi connectivity index (χ3n) is 1.12. The molecule has 1 heterocycles. The number of ether oxygens (including phenoxy) is 1. The zero-order valence-corrected chi connectivity index (χ0v) is 10.8. The highest BCUT2D eigenvalue weighted by molar-refractivity contribution is 5.65. The first-order valence-corrected chi connectivity index (χ1v) is 5.14. The number of esters is 1. The van der Waals surface area contributed by atoms with Crippen LogP contribution in [0.3, 0.4) is 0 Å². The number of hydrogen-bond donors (Lipinski definition) is 0. The summed E-state index contributed by atoms with van der Waals surface area (Å²) in [5, 5.41) is 0. The Morgan fingerprint density at radius 3 is 1.82 bits per heavy atom. The highest BCUT2D eigenvalue weighted by Gasteiger charge is 1.81. The van der Waals surface area contributed by atoms with Gasteiger partial charge in [-0.15, -0.1) is 0 Å². The molecule has 0 aliphatic rings. The van der Waals surface area contributed by atoms with Crippen LogP contribution in [-0.4, -0.2) is 43.0 Å². The van der Waals surface area contributed by atoms with Crippen molar-refractivity contribution in [1.82, 2.24) is 9.88 Å². The Labute approximate surface area is 102 Å². The molecule has 0 fully saturated rings. The standard InChI is InChI=1S/C5H5N.C4H8O2.C3H7NO/c1-2-4-6-5-3-1;1-3-6-4(2)5;1-4(2)3-5/h1-5H;3H2,1-2H3;3H,1-2H3. The van der Waals surface area contributed by atoms with Crippen molar-refractivity contribution >= 4 is 12.4 Å². The molecule has 1 rings (SSSR count). The van der Waals surface area contributed by atoms with Crippen molar-refractivity contribution in [3.05, 3.63) is 30.6 Å². The Morgan fingerprint density at radius 2 is 1.76 bits per heavy atom. The van der Waals surface area contributed by atoms with Crippen molar-refractivity contribution in [1.29, 1.82) is 0 Å². The van der Waals surface area contributed by atoms with E-state index in [0.29, 0.717) is 6.61 Å². The zero-order valence-electron chi connectivity index (χ0n) is 10.8. The molecule has 1 amide bonds. The molecular weight excluding hydrogens is 220 g/mol. The molecule has 5 nitrogen and oxygen atoms in total. The summed E-state index contributed by atoms with van der Waals surface area (Å²) in [5.41, 5.74) is 0. The van der Waals surface area contributed by atoms with Gasteiger partial charge in [-0.2, -0.15) is 0 Å². The van der Waals surface area contributed by atoms with Crippen molar-refractivity contribution in [2.75, 3.05) is 20.7 Å². The van der Waals surface area contributed by atoms with Crippen LogP contribution in [0.1, 0.15) is 13.8 Å². The highest BCUT2D eigenvalue weighted by atomic mass is 16.5. The Kier molecular flexibility index (Phi) is 14.5. The van der Waals surface area contributed by atoms with Crippen LogP contribution < -0.4 is 0 Å². The molecule has 0 radical (unpaired) electrons. The van der Waals surface area contributed by atoms with E-state index >= 15 is 0 Å². The number of rotatable bonds is 2. The second-order valence-corrected chi connectivity index (χ2v) is 3.02. The molecule has 17 heavy (non-hydrogen) atoms. The Hall–Kier alpha value is -1.91. The van der Waals surface area contributed by atoms with E-state index in [-0.39, 0.29) is 5.97 Å². The van der Waals surface area contributed by atoms with Gasteiger partial charge in [-0.3, -0.25) is 14.6 Å². The molecule has 0 N–H and O–H groups in total. The van der Waals surface area contributed by atoms with Crippen LogP contribution in [0, 0.1) is 0 Å². The molecule has 0 unspecified atom stereocenters. The molecule has 0 spiro atoms. The molecule has 1 aromatic rings. The van der Waals surface area contributed by atoms with E-state index in [1.807, 2.05) is 18.2 Å². The Bertz CT molecular complexity index is 250. The summed E-state index contributed by atoms with van der Waals surface area (Å²) in [4.78, 5) is 24.5. The van der Waals surface area contributed by atoms with Gasteiger partial charge in [-0.25, -0.2) is 0 Å². The first-order chi connectivity index (χ1) is 8.04. The molecule has 1 aromatic heterocycles. The summed E-state index contributed by atoms with van der Waals surface area (Å²) in [6.45, 7) is 3.65. The summed E-state index contributed by atoms with van der Waals surface area (Å²) in [7, 11) is 3.38. The van der Waals surface area contributed by atoms with Gasteiger partial charge in [0.25, 0.3) is 0 Å². The number of carbonyl (C=O) groups is 2. The average Bonchev–Trinajstić information content (AvgIpc) is 2.32. The first kappa shape index (κ1) is 17.5. The number of carbonyl (C=O) groups excluding carboxylic acids is 2. The zero-order chi connectivity index (χ0) is 13.5. The fourth-order valence-corrected chi connectivity index (χ4v) is 0.516. The fraction of sp³-hybridized carbons (Fsp3) is 0.417. The van der Waals surface area contributed by atoms with Crippen LogP contribution in [-0.2, 0) is 14.3 Å². The van der Waals surface area contributed by atoms with Gasteiger partial charge in [0.1, 0.15) is 0 Å². The third kappa shape index (κ3) is 24.9. The number of nitrogens with zero attached hydrogens (tertiary/aromatic N) is 2. The molecule has 96 valence electrons. The van der Waals surface area contributed by atoms with Gasteiger partial charge in [-0.1, -0.05) is 6.07 Å². The van der Waals surface area contributed by atoms with Gasteiger partial charge in [0.2, 0.25) is 6.41 Å². The molecule has 0 atom stereocenters. The van der Waals surface area contributed by atoms with Gasteiger partial charge in [0, 0.05) is 33.4 Å². The van der Waals surface area contributed by atoms with Crippen LogP contribution in [0.4, 0.5) is 0 Å². The lowest BCUT2D eigenvalue weighted by molar-refractivity contribution is -0.140. The van der Waals surface area contributed by atoms with E-state index in [4.69, 9.17) is 0 Å². The van der Waals surface area contributed by atoms with Crippen molar-refractivity contribution in [2.45, 2.75) is 13.8 Å². The minimum absolute atomic E-state index is 0.211. The number of hydrogen-bond acceptors (Lipinski definition) is 4. The van der Waals surface area contributed by atoms with Crippen molar-refractivity contribution < 1.29 is 14.3 Å². The third-order valence-corrected chi connectivity index (χ3v) is 1.12. The van der Waals surface area contributed by atoms with E-state index in [0.717, 1.165) is 6.41 Å². The average molecular weight is 240 g/mol. The lowest BCUT2D eigenvalue weighted by Crippen LogP contribution is -2.06. The normalized spacial score (nSPS) is 7.53. The van der Waals surface area contributed by atoms with Crippen molar-refractivity contribution in [3.8, 4) is 0 Å². The number of aromatic nitrogens is 1. The summed E-state index contributed by atoms with van der Waals surface area (Å²) in [6, 6.07) is 5.72. The molecule has 0 aliphatic heterocycles. The molecule has 5 heteroatoms. The second-order valence-electron chi connectivity index (χ2n) is 3.02. The molecule has 0 saturated carbocycles. The summed E-state index contributed by atoms with van der Waals surface area (Å²) in [6.07, 6.45) is 4.25. The predicted molar refractivity (Wildman–Crippen MR) is 66.3 cm³/mol. The van der Waals surface area contributed by atoms with E-state index in [9.17, 15) is 9.59 Å². The fourth-order valence-electron chi connectivity index (χ4n) is 0.516. The van der Waals surface area contributed by atoms with E-state index in [2.05, 4.69) is 9.72 Å². The monoisotopic (exact) mass is 240 g/mol. The summed E-state index contributed by atoms with van der Waals surface area (Å²) in [5.74, 6) is -0.211. The number of amides is 1. The topological polar surface area (TPSA) is 59.5 Å². The minimum atomic E-state index is -0.211. The molecule has 0 aliphatic carbocycles. The van der Waals surface area contributed by atoms with Gasteiger partial charge >= 0.3 is 5.97 Å². The van der Waals surface area contributed by atoms with Crippen LogP contribution >= 0.6 is 0 Å². The first-order valence-electron chi connectivity index (χ1n) is 5.14. The van der Waals surface area contributed by atoms with Crippen LogP contribution in [0.5, 0.6) is 0 Å². The molecule has 0 aromatic carbocycles. The summed E-state index contributed by atoms with van der Waals surface area (Å²) >= 11 is 0. The van der Waals surface area contributed by atoms with Gasteiger partial charge in [-0.05, 0) is 19.1 Å². The number of pyridine rings is 1. The minimum Gasteiger partial charge on any atom is -0.466 e. The second kappa shape index (κ2) is 14.1. The Morgan fingerprint density at radius 1 is 1.29 bits per heavy atom. The SMILES string of the molecule is CCOC(C)=O.CN(C)C=O.c1ccncc1.